The van der Waals surface area contributed by atoms with Gasteiger partial charge in [0.2, 0.25) is 0 Å². The number of aliphatic hydroxyl groups is 1. The quantitative estimate of drug-likeness (QED) is 0.749. The maximum absolute atomic E-state index is 8.79. The van der Waals surface area contributed by atoms with E-state index in [4.69, 9.17) is 9.84 Å². The SMILES string of the molecule is CCC(C)N(CCOC)Cc1sccc1C#CCCO. The van der Waals surface area contributed by atoms with Crippen molar-refractivity contribution in [3.05, 3.63) is 21.9 Å². The molecule has 1 atom stereocenters. The van der Waals surface area contributed by atoms with Crippen LogP contribution in [0.15, 0.2) is 11.4 Å². The molecule has 0 bridgehead atoms. The zero-order valence-corrected chi connectivity index (χ0v) is 13.5. The molecule has 0 aliphatic rings. The molecule has 0 aliphatic carbocycles. The first-order valence-corrected chi connectivity index (χ1v) is 8.00. The second kappa shape index (κ2) is 9.95. The highest BCUT2D eigenvalue weighted by Crippen LogP contribution is 2.20. The van der Waals surface area contributed by atoms with Crippen LogP contribution in [0.3, 0.4) is 0 Å². The van der Waals surface area contributed by atoms with Gasteiger partial charge in [-0.3, -0.25) is 4.90 Å². The summed E-state index contributed by atoms with van der Waals surface area (Å²) in [4.78, 5) is 3.74. The fourth-order valence-corrected chi connectivity index (χ4v) is 2.75. The largest absolute Gasteiger partial charge is 0.395 e. The van der Waals surface area contributed by atoms with Gasteiger partial charge < -0.3 is 9.84 Å². The van der Waals surface area contributed by atoms with Gasteiger partial charge in [-0.15, -0.1) is 11.3 Å². The van der Waals surface area contributed by atoms with Gasteiger partial charge in [-0.1, -0.05) is 18.8 Å². The number of ether oxygens (including phenoxy) is 1. The van der Waals surface area contributed by atoms with Crippen LogP contribution in [0.5, 0.6) is 0 Å². The number of nitrogens with zero attached hydrogens (tertiary/aromatic N) is 1. The van der Waals surface area contributed by atoms with Crippen molar-refractivity contribution in [2.45, 2.75) is 39.3 Å². The van der Waals surface area contributed by atoms with E-state index in [0.717, 1.165) is 31.7 Å². The lowest BCUT2D eigenvalue weighted by Crippen LogP contribution is -2.34. The topological polar surface area (TPSA) is 32.7 Å². The Hall–Kier alpha value is -0.860. The Bertz CT molecular complexity index is 433. The fraction of sp³-hybridized carbons (Fsp3) is 0.625. The van der Waals surface area contributed by atoms with Gasteiger partial charge in [0.15, 0.2) is 0 Å². The van der Waals surface area contributed by atoms with Crippen molar-refractivity contribution in [2.24, 2.45) is 0 Å². The average Bonchev–Trinajstić information content (AvgIpc) is 2.90. The minimum absolute atomic E-state index is 0.124. The lowest BCUT2D eigenvalue weighted by Gasteiger charge is -2.27. The summed E-state index contributed by atoms with van der Waals surface area (Å²) in [5.74, 6) is 6.16. The summed E-state index contributed by atoms with van der Waals surface area (Å²) < 4.78 is 5.20. The molecule has 1 N–H and O–H groups in total. The number of rotatable bonds is 8. The first kappa shape index (κ1) is 17.2. The fourth-order valence-electron chi connectivity index (χ4n) is 1.89. The van der Waals surface area contributed by atoms with Crippen LogP contribution in [-0.4, -0.2) is 42.9 Å². The normalized spacial score (nSPS) is 12.2. The van der Waals surface area contributed by atoms with Crippen molar-refractivity contribution < 1.29 is 9.84 Å². The van der Waals surface area contributed by atoms with E-state index in [9.17, 15) is 0 Å². The van der Waals surface area contributed by atoms with Crippen LogP contribution < -0.4 is 0 Å². The molecule has 0 amide bonds. The first-order chi connectivity index (χ1) is 9.72. The third-order valence-corrected chi connectivity index (χ3v) is 4.25. The van der Waals surface area contributed by atoms with Crippen LogP contribution in [0.2, 0.25) is 0 Å². The van der Waals surface area contributed by atoms with Gasteiger partial charge in [0.25, 0.3) is 0 Å². The van der Waals surface area contributed by atoms with E-state index >= 15 is 0 Å². The van der Waals surface area contributed by atoms with Crippen LogP contribution in [0.25, 0.3) is 0 Å². The smallest absolute Gasteiger partial charge is 0.0589 e. The second-order valence-electron chi connectivity index (χ2n) is 4.75. The zero-order valence-electron chi connectivity index (χ0n) is 12.7. The Morgan fingerprint density at radius 3 is 2.95 bits per heavy atom. The molecule has 20 heavy (non-hydrogen) atoms. The van der Waals surface area contributed by atoms with Crippen LogP contribution in [-0.2, 0) is 11.3 Å². The maximum Gasteiger partial charge on any atom is 0.0589 e. The molecule has 1 rings (SSSR count). The summed E-state index contributed by atoms with van der Waals surface area (Å²) in [5, 5.41) is 10.9. The summed E-state index contributed by atoms with van der Waals surface area (Å²) in [7, 11) is 1.74. The molecule has 4 heteroatoms. The van der Waals surface area contributed by atoms with Crippen molar-refractivity contribution in [1.29, 1.82) is 0 Å². The molecule has 1 aromatic rings. The van der Waals surface area contributed by atoms with Crippen LogP contribution >= 0.6 is 11.3 Å². The van der Waals surface area contributed by atoms with E-state index in [1.54, 1.807) is 18.4 Å². The van der Waals surface area contributed by atoms with E-state index in [1.165, 1.54) is 4.88 Å². The Kier molecular flexibility index (Phi) is 8.56. The number of thiophene rings is 1. The Labute approximate surface area is 126 Å². The number of hydrogen-bond acceptors (Lipinski definition) is 4. The summed E-state index contributed by atoms with van der Waals surface area (Å²) in [5.41, 5.74) is 1.09. The molecule has 0 aromatic carbocycles. The molecule has 3 nitrogen and oxygen atoms in total. The summed E-state index contributed by atoms with van der Waals surface area (Å²) in [6.45, 7) is 7.19. The monoisotopic (exact) mass is 295 g/mol. The van der Waals surface area contributed by atoms with Crippen molar-refractivity contribution in [2.75, 3.05) is 26.9 Å². The molecule has 0 spiro atoms. The molecule has 0 saturated carbocycles. The molecule has 1 heterocycles. The first-order valence-electron chi connectivity index (χ1n) is 7.12. The van der Waals surface area contributed by atoms with Crippen LogP contribution in [0, 0.1) is 11.8 Å². The summed E-state index contributed by atoms with van der Waals surface area (Å²) >= 11 is 1.75. The molecular formula is C16H25NO2S. The molecule has 1 aromatic heterocycles. The van der Waals surface area contributed by atoms with E-state index in [1.807, 2.05) is 0 Å². The van der Waals surface area contributed by atoms with Gasteiger partial charge in [0, 0.05) is 43.1 Å². The Balaban J connectivity index is 2.73. The zero-order chi connectivity index (χ0) is 14.8. The molecule has 0 aliphatic heterocycles. The van der Waals surface area contributed by atoms with Gasteiger partial charge in [0.05, 0.1) is 13.2 Å². The second-order valence-corrected chi connectivity index (χ2v) is 5.75. The predicted octanol–water partition coefficient (Wildman–Crippen LogP) is 2.73. The van der Waals surface area contributed by atoms with Crippen LogP contribution in [0.1, 0.15) is 37.1 Å². The highest BCUT2D eigenvalue weighted by atomic mass is 32.1. The Morgan fingerprint density at radius 1 is 1.50 bits per heavy atom. The highest BCUT2D eigenvalue weighted by Gasteiger charge is 2.14. The number of aliphatic hydroxyl groups excluding tert-OH is 1. The van der Waals surface area contributed by atoms with Crippen molar-refractivity contribution >= 4 is 11.3 Å². The standard InChI is InChI=1S/C16H25NO2S/c1-4-14(2)17(9-11-19-3)13-16-15(8-12-20-16)7-5-6-10-18/h8,12,14,18H,4,6,9-11,13H2,1-3H3. The Morgan fingerprint density at radius 2 is 2.30 bits per heavy atom. The van der Waals surface area contributed by atoms with Gasteiger partial charge in [-0.2, -0.15) is 0 Å². The number of hydrogen-bond donors (Lipinski definition) is 1. The van der Waals surface area contributed by atoms with Gasteiger partial charge in [-0.25, -0.2) is 0 Å². The lowest BCUT2D eigenvalue weighted by atomic mass is 10.2. The van der Waals surface area contributed by atoms with E-state index in [2.05, 4.69) is 42.0 Å². The minimum atomic E-state index is 0.124. The minimum Gasteiger partial charge on any atom is -0.395 e. The van der Waals surface area contributed by atoms with Crippen LogP contribution in [0.4, 0.5) is 0 Å². The van der Waals surface area contributed by atoms with Crippen molar-refractivity contribution in [1.82, 2.24) is 4.90 Å². The molecule has 1 unspecified atom stereocenters. The van der Waals surface area contributed by atoms with Gasteiger partial charge in [-0.05, 0) is 24.8 Å². The van der Waals surface area contributed by atoms with E-state index in [0.29, 0.717) is 12.5 Å². The maximum atomic E-state index is 8.79. The molecule has 0 radical (unpaired) electrons. The lowest BCUT2D eigenvalue weighted by molar-refractivity contribution is 0.118. The van der Waals surface area contributed by atoms with Crippen molar-refractivity contribution in [3.8, 4) is 11.8 Å². The van der Waals surface area contributed by atoms with Gasteiger partial charge >= 0.3 is 0 Å². The summed E-state index contributed by atoms with van der Waals surface area (Å²) in [6, 6.07) is 2.60. The summed E-state index contributed by atoms with van der Waals surface area (Å²) in [6.07, 6.45) is 1.66. The average molecular weight is 295 g/mol. The van der Waals surface area contributed by atoms with E-state index in [-0.39, 0.29) is 6.61 Å². The van der Waals surface area contributed by atoms with Crippen molar-refractivity contribution in [3.63, 3.8) is 0 Å². The van der Waals surface area contributed by atoms with E-state index < -0.39 is 0 Å². The molecular weight excluding hydrogens is 270 g/mol. The third-order valence-electron chi connectivity index (χ3n) is 3.35. The molecule has 0 saturated heterocycles. The predicted molar refractivity (Wildman–Crippen MR) is 84.9 cm³/mol. The number of methoxy groups -OCH3 is 1. The molecule has 112 valence electrons. The van der Waals surface area contributed by atoms with Gasteiger partial charge in [0.1, 0.15) is 0 Å². The molecule has 0 fully saturated rings. The third kappa shape index (κ3) is 5.64. The highest BCUT2D eigenvalue weighted by molar-refractivity contribution is 7.10.